The summed E-state index contributed by atoms with van der Waals surface area (Å²) in [6.45, 7) is 2.66. The van der Waals surface area contributed by atoms with E-state index >= 15 is 0 Å². The predicted molar refractivity (Wildman–Crippen MR) is 116 cm³/mol. The number of rotatable bonds is 7. The van der Waals surface area contributed by atoms with Crippen molar-refractivity contribution in [1.82, 2.24) is 10.3 Å². The fraction of sp³-hybridized carbons (Fsp3) is 0.429. The standard InChI is InChI=1S/C21H24F4N4O3S/c1-13(14-5-7-17(16(22)11-14)28-33(2,31)32)20(30)26-12-15-6-8-18(21(23,24)25)27-19(15)29-9-3-4-10-29/h5-8,11,13,28H,3-4,9-10,12H2,1-2H3,(H,26,30). The molecule has 0 saturated carbocycles. The number of alkyl halides is 3. The second-order valence-electron chi connectivity index (χ2n) is 7.92. The zero-order chi connectivity index (χ0) is 24.4. The summed E-state index contributed by atoms with van der Waals surface area (Å²) in [5.41, 5.74) is -0.468. The van der Waals surface area contributed by atoms with Crippen molar-refractivity contribution in [1.29, 1.82) is 0 Å². The third kappa shape index (κ3) is 6.34. The SMILES string of the molecule is CC(C(=O)NCc1ccc(C(F)(F)F)nc1N1CCCC1)c1ccc(NS(C)(=O)=O)c(F)c1. The van der Waals surface area contributed by atoms with Crippen LogP contribution in [0, 0.1) is 5.82 Å². The lowest BCUT2D eigenvalue weighted by molar-refractivity contribution is -0.141. The molecule has 2 N–H and O–H groups in total. The Bertz CT molecular complexity index is 1130. The number of halogens is 4. The Morgan fingerprint density at radius 3 is 2.42 bits per heavy atom. The Morgan fingerprint density at radius 1 is 1.18 bits per heavy atom. The summed E-state index contributed by atoms with van der Waals surface area (Å²) < 4.78 is 78.2. The molecular formula is C21H24F4N4O3S. The van der Waals surface area contributed by atoms with Gasteiger partial charge in [0.2, 0.25) is 15.9 Å². The molecule has 0 bridgehead atoms. The monoisotopic (exact) mass is 488 g/mol. The zero-order valence-corrected chi connectivity index (χ0v) is 18.9. The Balaban J connectivity index is 1.74. The number of nitrogens with zero attached hydrogens (tertiary/aromatic N) is 2. The smallest absolute Gasteiger partial charge is 0.356 e. The summed E-state index contributed by atoms with van der Waals surface area (Å²) in [5.74, 6) is -1.90. The minimum atomic E-state index is -4.58. The number of aromatic nitrogens is 1. The predicted octanol–water partition coefficient (Wildman–Crippen LogP) is 3.63. The molecule has 3 rings (SSSR count). The molecule has 7 nitrogen and oxygen atoms in total. The van der Waals surface area contributed by atoms with Gasteiger partial charge in [-0.1, -0.05) is 12.1 Å². The van der Waals surface area contributed by atoms with Crippen LogP contribution in [0.15, 0.2) is 30.3 Å². The summed E-state index contributed by atoms with van der Waals surface area (Å²) in [4.78, 5) is 18.2. The van der Waals surface area contributed by atoms with Gasteiger partial charge < -0.3 is 10.2 Å². The lowest BCUT2D eigenvalue weighted by Gasteiger charge is -2.22. The van der Waals surface area contributed by atoms with E-state index in [2.05, 4.69) is 10.3 Å². The molecule has 180 valence electrons. The molecule has 0 aliphatic carbocycles. The fourth-order valence-electron chi connectivity index (χ4n) is 3.55. The molecule has 1 aliphatic rings. The van der Waals surface area contributed by atoms with Crippen molar-refractivity contribution in [2.45, 2.75) is 38.4 Å². The third-order valence-electron chi connectivity index (χ3n) is 5.29. The summed E-state index contributed by atoms with van der Waals surface area (Å²) >= 11 is 0. The summed E-state index contributed by atoms with van der Waals surface area (Å²) in [5, 5.41) is 2.67. The average Bonchev–Trinajstić information content (AvgIpc) is 3.26. The van der Waals surface area contributed by atoms with Gasteiger partial charge in [-0.3, -0.25) is 9.52 Å². The quantitative estimate of drug-likeness (QED) is 0.581. The number of amides is 1. The molecule has 1 unspecified atom stereocenters. The Kier molecular flexibility index (Phi) is 7.15. The van der Waals surface area contributed by atoms with Crippen LogP contribution in [0.1, 0.15) is 42.5 Å². The Morgan fingerprint density at radius 2 is 1.85 bits per heavy atom. The van der Waals surface area contributed by atoms with Gasteiger partial charge in [-0.2, -0.15) is 13.2 Å². The molecule has 1 aliphatic heterocycles. The van der Waals surface area contributed by atoms with Gasteiger partial charge >= 0.3 is 6.18 Å². The van der Waals surface area contributed by atoms with Crippen molar-refractivity contribution in [3.8, 4) is 0 Å². The van der Waals surface area contributed by atoms with E-state index in [1.54, 1.807) is 11.8 Å². The van der Waals surface area contributed by atoms with Gasteiger partial charge in [0.15, 0.2) is 0 Å². The molecule has 12 heteroatoms. The highest BCUT2D eigenvalue weighted by Crippen LogP contribution is 2.32. The Hall–Kier alpha value is -2.89. The molecule has 1 aromatic carbocycles. The lowest BCUT2D eigenvalue weighted by Crippen LogP contribution is -2.30. The molecule has 2 heterocycles. The van der Waals surface area contributed by atoms with Crippen LogP contribution < -0.4 is 14.9 Å². The van der Waals surface area contributed by atoms with E-state index in [1.165, 1.54) is 18.2 Å². The minimum Gasteiger partial charge on any atom is -0.356 e. The zero-order valence-electron chi connectivity index (χ0n) is 18.0. The van der Waals surface area contributed by atoms with Crippen LogP contribution in [0.2, 0.25) is 0 Å². The van der Waals surface area contributed by atoms with Crippen LogP contribution in [0.3, 0.4) is 0 Å². The van der Waals surface area contributed by atoms with Gasteiger partial charge in [0.1, 0.15) is 17.3 Å². The Labute approximate surface area is 189 Å². The van der Waals surface area contributed by atoms with Crippen molar-refractivity contribution in [2.24, 2.45) is 0 Å². The van der Waals surface area contributed by atoms with E-state index < -0.39 is 39.5 Å². The van der Waals surface area contributed by atoms with Crippen LogP contribution in [-0.2, 0) is 27.5 Å². The summed E-state index contributed by atoms with van der Waals surface area (Å²) in [6, 6.07) is 5.90. The third-order valence-corrected chi connectivity index (χ3v) is 5.88. The highest BCUT2D eigenvalue weighted by atomic mass is 32.2. The normalized spacial score (nSPS) is 15.4. The van der Waals surface area contributed by atoms with Crippen LogP contribution in [0.4, 0.5) is 29.1 Å². The van der Waals surface area contributed by atoms with Crippen molar-refractivity contribution in [3.63, 3.8) is 0 Å². The molecule has 1 saturated heterocycles. The van der Waals surface area contributed by atoms with E-state index in [0.717, 1.165) is 31.2 Å². The first-order valence-corrected chi connectivity index (χ1v) is 12.1. The van der Waals surface area contributed by atoms with Crippen LogP contribution in [0.5, 0.6) is 0 Å². The molecule has 1 fully saturated rings. The number of anilines is 2. The molecule has 33 heavy (non-hydrogen) atoms. The molecule has 2 aromatic rings. The van der Waals surface area contributed by atoms with Gasteiger partial charge in [-0.15, -0.1) is 0 Å². The van der Waals surface area contributed by atoms with E-state index in [1.807, 2.05) is 4.72 Å². The maximum Gasteiger partial charge on any atom is 0.433 e. The summed E-state index contributed by atoms with van der Waals surface area (Å²) in [7, 11) is -3.66. The maximum absolute atomic E-state index is 14.3. The van der Waals surface area contributed by atoms with Crippen LogP contribution >= 0.6 is 0 Å². The molecular weight excluding hydrogens is 464 g/mol. The van der Waals surface area contributed by atoms with Crippen molar-refractivity contribution in [3.05, 3.63) is 53.0 Å². The summed E-state index contributed by atoms with van der Waals surface area (Å²) in [6.07, 6.45) is -2.00. The molecule has 0 spiro atoms. The second-order valence-corrected chi connectivity index (χ2v) is 9.67. The van der Waals surface area contributed by atoms with Crippen molar-refractivity contribution in [2.75, 3.05) is 29.0 Å². The number of nitrogens with one attached hydrogen (secondary N) is 2. The van der Waals surface area contributed by atoms with Crippen molar-refractivity contribution >= 4 is 27.4 Å². The molecule has 1 aromatic heterocycles. The number of benzene rings is 1. The van der Waals surface area contributed by atoms with Crippen LogP contribution in [0.25, 0.3) is 0 Å². The van der Waals surface area contributed by atoms with E-state index in [-0.39, 0.29) is 18.1 Å². The highest BCUT2D eigenvalue weighted by Gasteiger charge is 2.34. The number of carbonyl (C=O) groups excluding carboxylic acids is 1. The number of hydrogen-bond acceptors (Lipinski definition) is 5. The van der Waals surface area contributed by atoms with Crippen LogP contribution in [-0.4, -0.2) is 38.7 Å². The van der Waals surface area contributed by atoms with E-state index in [9.17, 15) is 30.8 Å². The van der Waals surface area contributed by atoms with Gasteiger partial charge in [0.25, 0.3) is 0 Å². The van der Waals surface area contributed by atoms with Gasteiger partial charge in [-0.25, -0.2) is 17.8 Å². The van der Waals surface area contributed by atoms with Crippen molar-refractivity contribution < 1.29 is 30.8 Å². The molecule has 1 atom stereocenters. The fourth-order valence-corrected chi connectivity index (χ4v) is 4.11. The number of hydrogen-bond donors (Lipinski definition) is 2. The van der Waals surface area contributed by atoms with Gasteiger partial charge in [-0.05, 0) is 43.5 Å². The number of pyridine rings is 1. The van der Waals surface area contributed by atoms with E-state index in [0.29, 0.717) is 24.2 Å². The number of sulfonamides is 1. The van der Waals surface area contributed by atoms with E-state index in [4.69, 9.17) is 0 Å². The first-order chi connectivity index (χ1) is 15.3. The first-order valence-electron chi connectivity index (χ1n) is 10.2. The lowest BCUT2D eigenvalue weighted by atomic mass is 9.99. The maximum atomic E-state index is 14.3. The second kappa shape index (κ2) is 9.54. The molecule has 0 radical (unpaired) electrons. The van der Waals surface area contributed by atoms with Gasteiger partial charge in [0, 0.05) is 25.2 Å². The first kappa shape index (κ1) is 24.7. The van der Waals surface area contributed by atoms with Gasteiger partial charge in [0.05, 0.1) is 17.9 Å². The molecule has 1 amide bonds. The number of carbonyl (C=O) groups is 1. The largest absolute Gasteiger partial charge is 0.433 e. The topological polar surface area (TPSA) is 91.4 Å². The average molecular weight is 489 g/mol. The highest BCUT2D eigenvalue weighted by molar-refractivity contribution is 7.92. The minimum absolute atomic E-state index is 0.0453.